The molecule has 0 fully saturated rings. The second kappa shape index (κ2) is 4.49. The van der Waals surface area contributed by atoms with E-state index in [1.165, 1.54) is 6.07 Å². The fourth-order valence-corrected chi connectivity index (χ4v) is 2.21. The minimum absolute atomic E-state index is 0.140. The second-order valence-corrected chi connectivity index (χ2v) is 4.73. The first kappa shape index (κ1) is 12.1. The number of nitrogens with zero attached hydrogens (tertiary/aromatic N) is 1. The molecule has 3 heteroatoms. The smallest absolute Gasteiger partial charge is 0.132 e. The largest absolute Gasteiger partial charge is 0.345 e. The van der Waals surface area contributed by atoms with E-state index in [1.807, 2.05) is 20.0 Å². The van der Waals surface area contributed by atoms with E-state index in [0.29, 0.717) is 6.04 Å². The number of fused-ring (bicyclic) bond motifs is 1. The number of halogens is 1. The van der Waals surface area contributed by atoms with Crippen LogP contribution in [0.1, 0.15) is 38.4 Å². The molecule has 1 N–H and O–H groups in total. The van der Waals surface area contributed by atoms with Crippen molar-refractivity contribution in [3.63, 3.8) is 0 Å². The summed E-state index contributed by atoms with van der Waals surface area (Å²) in [6.07, 6.45) is 2.06. The number of benzene rings is 1. The third-order valence-corrected chi connectivity index (χ3v) is 3.29. The van der Waals surface area contributed by atoms with Crippen molar-refractivity contribution in [1.82, 2.24) is 9.88 Å². The van der Waals surface area contributed by atoms with Gasteiger partial charge in [0.05, 0.1) is 5.52 Å². The Morgan fingerprint density at radius 2 is 1.94 bits per heavy atom. The van der Waals surface area contributed by atoms with Gasteiger partial charge in [0.15, 0.2) is 0 Å². The molecule has 0 aliphatic carbocycles. The van der Waals surface area contributed by atoms with Crippen molar-refractivity contribution in [2.24, 2.45) is 0 Å². The lowest BCUT2D eigenvalue weighted by molar-refractivity contribution is 0.607. The van der Waals surface area contributed by atoms with Crippen molar-refractivity contribution in [2.75, 3.05) is 7.05 Å². The van der Waals surface area contributed by atoms with Gasteiger partial charge in [-0.05, 0) is 45.5 Å². The quantitative estimate of drug-likeness (QED) is 0.858. The number of hydrogen-bond acceptors (Lipinski definition) is 1. The maximum Gasteiger partial charge on any atom is 0.132 e. The third-order valence-electron chi connectivity index (χ3n) is 3.29. The van der Waals surface area contributed by atoms with E-state index < -0.39 is 0 Å². The lowest BCUT2D eigenvalue weighted by Gasteiger charge is -2.09. The van der Waals surface area contributed by atoms with E-state index in [4.69, 9.17) is 0 Å². The van der Waals surface area contributed by atoms with Crippen LogP contribution in [0.15, 0.2) is 24.4 Å². The van der Waals surface area contributed by atoms with Gasteiger partial charge >= 0.3 is 0 Å². The summed E-state index contributed by atoms with van der Waals surface area (Å²) in [7, 11) is 1.89. The molecule has 0 aliphatic rings. The molecule has 1 heterocycles. The average Bonchev–Trinajstić information content (AvgIpc) is 2.69. The van der Waals surface area contributed by atoms with Crippen LogP contribution in [0, 0.1) is 5.82 Å². The van der Waals surface area contributed by atoms with Gasteiger partial charge in [0.2, 0.25) is 0 Å². The zero-order chi connectivity index (χ0) is 12.6. The van der Waals surface area contributed by atoms with Gasteiger partial charge in [-0.15, -0.1) is 0 Å². The van der Waals surface area contributed by atoms with E-state index in [2.05, 4.69) is 29.9 Å². The zero-order valence-electron chi connectivity index (χ0n) is 10.8. The van der Waals surface area contributed by atoms with Crippen LogP contribution in [-0.4, -0.2) is 11.6 Å². The predicted molar refractivity (Wildman–Crippen MR) is 69.8 cm³/mol. The summed E-state index contributed by atoms with van der Waals surface area (Å²) in [6, 6.07) is 5.75. The summed E-state index contributed by atoms with van der Waals surface area (Å²) in [5.74, 6) is -0.140. The van der Waals surface area contributed by atoms with Crippen LogP contribution in [0.5, 0.6) is 0 Å². The van der Waals surface area contributed by atoms with Gasteiger partial charge in [0.25, 0.3) is 0 Å². The summed E-state index contributed by atoms with van der Waals surface area (Å²) < 4.78 is 16.1. The Bertz CT molecular complexity index is 528. The molecule has 1 atom stereocenters. The van der Waals surface area contributed by atoms with E-state index >= 15 is 0 Å². The van der Waals surface area contributed by atoms with Crippen molar-refractivity contribution in [2.45, 2.75) is 32.9 Å². The molecule has 2 rings (SSSR count). The van der Waals surface area contributed by atoms with Crippen molar-refractivity contribution in [1.29, 1.82) is 0 Å². The highest BCUT2D eigenvalue weighted by Gasteiger charge is 2.17. The van der Waals surface area contributed by atoms with E-state index in [-0.39, 0.29) is 11.9 Å². The van der Waals surface area contributed by atoms with Crippen LogP contribution < -0.4 is 5.32 Å². The summed E-state index contributed by atoms with van der Waals surface area (Å²) >= 11 is 0. The monoisotopic (exact) mass is 234 g/mol. The summed E-state index contributed by atoms with van der Waals surface area (Å²) in [4.78, 5) is 0. The van der Waals surface area contributed by atoms with E-state index in [9.17, 15) is 4.39 Å². The number of rotatable bonds is 3. The first-order valence-electron chi connectivity index (χ1n) is 6.02. The van der Waals surface area contributed by atoms with Crippen molar-refractivity contribution < 1.29 is 4.39 Å². The Labute approximate surface area is 101 Å². The lowest BCUT2D eigenvalue weighted by atomic mass is 10.1. The van der Waals surface area contributed by atoms with Crippen LogP contribution in [-0.2, 0) is 0 Å². The first-order chi connectivity index (χ1) is 8.06. The minimum atomic E-state index is -0.140. The highest BCUT2D eigenvalue weighted by Crippen LogP contribution is 2.30. The molecule has 0 amide bonds. The standard InChI is InChI=1S/C14H19FN2/c1-9(2)17-8-11(10(3)16-4)14-12(15)6-5-7-13(14)17/h5-10,16H,1-4H3. The number of nitrogens with one attached hydrogen (secondary N) is 1. The van der Waals surface area contributed by atoms with E-state index in [0.717, 1.165) is 16.5 Å². The molecular formula is C14H19FN2. The van der Waals surface area contributed by atoms with Crippen molar-refractivity contribution in [3.8, 4) is 0 Å². The van der Waals surface area contributed by atoms with Crippen LogP contribution in [0.4, 0.5) is 4.39 Å². The molecule has 1 aromatic heterocycles. The van der Waals surface area contributed by atoms with Crippen molar-refractivity contribution >= 4 is 10.9 Å². The average molecular weight is 234 g/mol. The number of hydrogen-bond donors (Lipinski definition) is 1. The van der Waals surface area contributed by atoms with Gasteiger partial charge in [0, 0.05) is 23.7 Å². The Hall–Kier alpha value is -1.35. The van der Waals surface area contributed by atoms with Gasteiger partial charge in [0.1, 0.15) is 5.82 Å². The molecule has 0 aliphatic heterocycles. The van der Waals surface area contributed by atoms with Crippen molar-refractivity contribution in [3.05, 3.63) is 35.8 Å². The SMILES string of the molecule is CNC(C)c1cn(C(C)C)c2cccc(F)c12. The fourth-order valence-electron chi connectivity index (χ4n) is 2.21. The minimum Gasteiger partial charge on any atom is -0.345 e. The van der Waals surface area contributed by atoms with Gasteiger partial charge in [-0.3, -0.25) is 0 Å². The Morgan fingerprint density at radius 3 is 2.53 bits per heavy atom. The Balaban J connectivity index is 2.76. The van der Waals surface area contributed by atoms with Crippen LogP contribution in [0.3, 0.4) is 0 Å². The maximum absolute atomic E-state index is 14.0. The Morgan fingerprint density at radius 1 is 1.24 bits per heavy atom. The van der Waals surface area contributed by atoms with E-state index in [1.54, 1.807) is 6.07 Å². The molecule has 17 heavy (non-hydrogen) atoms. The number of aromatic nitrogens is 1. The molecule has 2 nitrogen and oxygen atoms in total. The van der Waals surface area contributed by atoms with Gasteiger partial charge < -0.3 is 9.88 Å². The molecular weight excluding hydrogens is 215 g/mol. The van der Waals surface area contributed by atoms with Crippen LogP contribution in [0.25, 0.3) is 10.9 Å². The van der Waals surface area contributed by atoms with Gasteiger partial charge in [-0.25, -0.2) is 4.39 Å². The molecule has 1 unspecified atom stereocenters. The lowest BCUT2D eigenvalue weighted by Crippen LogP contribution is -2.12. The topological polar surface area (TPSA) is 17.0 Å². The summed E-state index contributed by atoms with van der Waals surface area (Å²) in [6.45, 7) is 6.27. The summed E-state index contributed by atoms with van der Waals surface area (Å²) in [5.41, 5.74) is 1.99. The highest BCUT2D eigenvalue weighted by molar-refractivity contribution is 5.85. The molecule has 0 spiro atoms. The summed E-state index contributed by atoms with van der Waals surface area (Å²) in [5, 5.41) is 3.91. The predicted octanol–water partition coefficient (Wildman–Crippen LogP) is 3.64. The fraction of sp³-hybridized carbons (Fsp3) is 0.429. The first-order valence-corrected chi connectivity index (χ1v) is 6.02. The van der Waals surface area contributed by atoms with Gasteiger partial charge in [-0.2, -0.15) is 0 Å². The molecule has 2 aromatic rings. The molecule has 92 valence electrons. The normalized spacial score (nSPS) is 13.5. The maximum atomic E-state index is 14.0. The molecule has 0 bridgehead atoms. The molecule has 1 aromatic carbocycles. The van der Waals surface area contributed by atoms with Crippen LogP contribution >= 0.6 is 0 Å². The third kappa shape index (κ3) is 1.95. The molecule has 0 radical (unpaired) electrons. The molecule has 0 saturated carbocycles. The van der Waals surface area contributed by atoms with Crippen LogP contribution in [0.2, 0.25) is 0 Å². The van der Waals surface area contributed by atoms with Gasteiger partial charge in [-0.1, -0.05) is 6.07 Å². The molecule has 0 saturated heterocycles. The highest BCUT2D eigenvalue weighted by atomic mass is 19.1. The second-order valence-electron chi connectivity index (χ2n) is 4.73. The zero-order valence-corrected chi connectivity index (χ0v) is 10.8. The Kier molecular flexibility index (Phi) is 3.20.